The fourth-order valence-electron chi connectivity index (χ4n) is 4.92. The van der Waals surface area contributed by atoms with Crippen LogP contribution in [0.15, 0.2) is 54.6 Å². The standard InChI is InChI=1S/C27H23F3N6O/c28-20-11-17(26-32-34-35-33-26)9-10-18(20)14-36-24-13-22(30)21(29)12-23(24)31-27(36)19-7-3-4-8-25(19)37-15-16-5-1-2-6-16/h3-4,7-13,16H,1-2,5-6,14-15H2,(H,32,33,34,35). The Hall–Kier alpha value is -4.21. The average Bonchev–Trinajstić information content (AvgIpc) is 3.67. The van der Waals surface area contributed by atoms with Crippen molar-refractivity contribution >= 4 is 11.0 Å². The number of rotatable bonds is 7. The van der Waals surface area contributed by atoms with Gasteiger partial charge in [0.2, 0.25) is 0 Å². The van der Waals surface area contributed by atoms with E-state index in [1.54, 1.807) is 16.7 Å². The highest BCUT2D eigenvalue weighted by Gasteiger charge is 2.21. The Balaban J connectivity index is 1.42. The fraction of sp³-hybridized carbons (Fsp3) is 0.259. The van der Waals surface area contributed by atoms with Gasteiger partial charge < -0.3 is 9.30 Å². The number of tetrazole rings is 1. The maximum atomic E-state index is 15.2. The van der Waals surface area contributed by atoms with Crippen molar-refractivity contribution in [3.63, 3.8) is 0 Å². The molecule has 2 heterocycles. The van der Waals surface area contributed by atoms with Gasteiger partial charge in [-0.2, -0.15) is 0 Å². The molecule has 0 bridgehead atoms. The van der Waals surface area contributed by atoms with Gasteiger partial charge in [0.1, 0.15) is 17.4 Å². The summed E-state index contributed by atoms with van der Waals surface area (Å²) in [5.74, 6) is -0.585. The lowest BCUT2D eigenvalue weighted by atomic mass is 10.1. The molecule has 37 heavy (non-hydrogen) atoms. The number of H-pyrrole nitrogens is 1. The van der Waals surface area contributed by atoms with Crippen LogP contribution in [0.25, 0.3) is 33.8 Å². The lowest BCUT2D eigenvalue weighted by Gasteiger charge is -2.16. The molecule has 1 aliphatic rings. The minimum absolute atomic E-state index is 0.0363. The molecular formula is C27H23F3N6O. The Labute approximate surface area is 210 Å². The van der Waals surface area contributed by atoms with Gasteiger partial charge in [-0.25, -0.2) is 23.3 Å². The van der Waals surface area contributed by atoms with E-state index in [9.17, 15) is 8.78 Å². The zero-order valence-electron chi connectivity index (χ0n) is 19.8. The number of imidazole rings is 1. The van der Waals surface area contributed by atoms with Gasteiger partial charge in [0.15, 0.2) is 17.5 Å². The minimum Gasteiger partial charge on any atom is -0.493 e. The molecule has 10 heteroatoms. The molecule has 1 fully saturated rings. The summed E-state index contributed by atoms with van der Waals surface area (Å²) in [6, 6.07) is 14.2. The van der Waals surface area contributed by atoms with Gasteiger partial charge in [0, 0.05) is 23.3 Å². The van der Waals surface area contributed by atoms with Crippen molar-refractivity contribution in [1.82, 2.24) is 30.2 Å². The molecule has 2 aromatic heterocycles. The molecule has 3 aromatic carbocycles. The van der Waals surface area contributed by atoms with Crippen LogP contribution in [0.5, 0.6) is 5.75 Å². The molecule has 0 aliphatic heterocycles. The topological polar surface area (TPSA) is 81.5 Å². The largest absolute Gasteiger partial charge is 0.493 e. The molecule has 1 aliphatic carbocycles. The van der Waals surface area contributed by atoms with E-state index in [2.05, 4.69) is 25.6 Å². The fourth-order valence-corrected chi connectivity index (χ4v) is 4.92. The molecule has 1 N–H and O–H groups in total. The first kappa shape index (κ1) is 23.2. The Morgan fingerprint density at radius 1 is 0.946 bits per heavy atom. The molecule has 5 aromatic rings. The zero-order chi connectivity index (χ0) is 25.4. The van der Waals surface area contributed by atoms with Crippen LogP contribution < -0.4 is 4.74 Å². The normalized spacial score (nSPS) is 14.0. The first-order valence-electron chi connectivity index (χ1n) is 12.2. The summed E-state index contributed by atoms with van der Waals surface area (Å²) in [7, 11) is 0. The molecule has 188 valence electrons. The predicted molar refractivity (Wildman–Crippen MR) is 131 cm³/mol. The third-order valence-corrected chi connectivity index (χ3v) is 6.87. The smallest absolute Gasteiger partial charge is 0.179 e. The second-order valence-electron chi connectivity index (χ2n) is 9.29. The van der Waals surface area contributed by atoms with E-state index in [1.807, 2.05) is 24.3 Å². The minimum atomic E-state index is -1.00. The molecular weight excluding hydrogens is 481 g/mol. The lowest BCUT2D eigenvalue weighted by Crippen LogP contribution is -2.10. The van der Waals surface area contributed by atoms with E-state index in [1.165, 1.54) is 18.9 Å². The van der Waals surface area contributed by atoms with E-state index in [0.29, 0.717) is 52.1 Å². The van der Waals surface area contributed by atoms with Crippen molar-refractivity contribution in [2.75, 3.05) is 6.61 Å². The second kappa shape index (κ2) is 9.68. The summed E-state index contributed by atoms with van der Waals surface area (Å²) >= 11 is 0. The molecule has 0 radical (unpaired) electrons. The third-order valence-electron chi connectivity index (χ3n) is 6.87. The van der Waals surface area contributed by atoms with Crippen molar-refractivity contribution in [3.8, 4) is 28.5 Å². The number of halogens is 3. The number of fused-ring (bicyclic) bond motifs is 1. The number of aromatic amines is 1. The summed E-state index contributed by atoms with van der Waals surface area (Å²) < 4.78 is 51.5. The number of para-hydroxylation sites is 1. The van der Waals surface area contributed by atoms with E-state index in [4.69, 9.17) is 4.74 Å². The highest BCUT2D eigenvalue weighted by Crippen LogP contribution is 2.35. The maximum Gasteiger partial charge on any atom is 0.179 e. The molecule has 1 saturated carbocycles. The number of ether oxygens (including phenoxy) is 1. The van der Waals surface area contributed by atoms with Gasteiger partial charge in [-0.15, -0.1) is 5.10 Å². The van der Waals surface area contributed by atoms with Crippen LogP contribution in [0.1, 0.15) is 31.2 Å². The van der Waals surface area contributed by atoms with Crippen molar-refractivity contribution in [1.29, 1.82) is 0 Å². The van der Waals surface area contributed by atoms with Gasteiger partial charge in [-0.3, -0.25) is 0 Å². The van der Waals surface area contributed by atoms with Gasteiger partial charge in [0.05, 0.1) is 29.7 Å². The summed E-state index contributed by atoms with van der Waals surface area (Å²) in [5.41, 5.74) is 2.11. The van der Waals surface area contributed by atoms with Crippen molar-refractivity contribution < 1.29 is 17.9 Å². The Bertz CT molecular complexity index is 1560. The summed E-state index contributed by atoms with van der Waals surface area (Å²) in [6.45, 7) is 0.627. The Morgan fingerprint density at radius 2 is 1.76 bits per heavy atom. The zero-order valence-corrected chi connectivity index (χ0v) is 19.8. The Morgan fingerprint density at radius 3 is 2.54 bits per heavy atom. The Kier molecular flexibility index (Phi) is 6.07. The molecule has 0 spiro atoms. The van der Waals surface area contributed by atoms with Crippen LogP contribution in [0.2, 0.25) is 0 Å². The van der Waals surface area contributed by atoms with Crippen LogP contribution in [-0.4, -0.2) is 36.8 Å². The van der Waals surface area contributed by atoms with Crippen LogP contribution in [0, 0.1) is 23.4 Å². The van der Waals surface area contributed by atoms with Crippen LogP contribution >= 0.6 is 0 Å². The van der Waals surface area contributed by atoms with E-state index in [0.717, 1.165) is 25.0 Å². The van der Waals surface area contributed by atoms with Crippen molar-refractivity contribution in [2.24, 2.45) is 5.92 Å². The second-order valence-corrected chi connectivity index (χ2v) is 9.29. The third kappa shape index (κ3) is 4.54. The van der Waals surface area contributed by atoms with Crippen LogP contribution in [0.3, 0.4) is 0 Å². The van der Waals surface area contributed by atoms with E-state index >= 15 is 4.39 Å². The highest BCUT2D eigenvalue weighted by molar-refractivity contribution is 5.82. The summed E-state index contributed by atoms with van der Waals surface area (Å²) in [5, 5.41) is 13.5. The SMILES string of the molecule is Fc1cc2nc(-c3ccccc3OCC3CCCC3)n(Cc3ccc(-c4nnn[nH]4)cc3F)c2cc1F. The molecule has 0 saturated heterocycles. The molecule has 6 rings (SSSR count). The lowest BCUT2D eigenvalue weighted by molar-refractivity contribution is 0.253. The number of nitrogens with one attached hydrogen (secondary N) is 1. The molecule has 0 amide bonds. The molecule has 0 atom stereocenters. The first-order chi connectivity index (χ1) is 18.1. The van der Waals surface area contributed by atoms with Crippen LogP contribution in [-0.2, 0) is 6.54 Å². The van der Waals surface area contributed by atoms with E-state index < -0.39 is 17.5 Å². The number of benzene rings is 3. The quantitative estimate of drug-likeness (QED) is 0.298. The van der Waals surface area contributed by atoms with Crippen LogP contribution in [0.4, 0.5) is 13.2 Å². The maximum absolute atomic E-state index is 15.2. The number of hydrogen-bond acceptors (Lipinski definition) is 5. The predicted octanol–water partition coefficient (Wildman–Crippen LogP) is 5.92. The van der Waals surface area contributed by atoms with Gasteiger partial charge in [-0.05, 0) is 47.4 Å². The monoisotopic (exact) mass is 504 g/mol. The van der Waals surface area contributed by atoms with Crippen molar-refractivity contribution in [3.05, 3.63) is 77.6 Å². The molecule has 0 unspecified atom stereocenters. The van der Waals surface area contributed by atoms with Crippen molar-refractivity contribution in [2.45, 2.75) is 32.2 Å². The highest BCUT2D eigenvalue weighted by atomic mass is 19.2. The summed E-state index contributed by atoms with van der Waals surface area (Å²) in [4.78, 5) is 4.63. The van der Waals surface area contributed by atoms with Gasteiger partial charge in [0.25, 0.3) is 0 Å². The summed E-state index contributed by atoms with van der Waals surface area (Å²) in [6.07, 6.45) is 4.69. The first-order valence-corrected chi connectivity index (χ1v) is 12.2. The number of hydrogen-bond donors (Lipinski definition) is 1. The molecule has 7 nitrogen and oxygen atoms in total. The van der Waals surface area contributed by atoms with E-state index in [-0.39, 0.29) is 12.1 Å². The number of aromatic nitrogens is 6. The number of nitrogens with zero attached hydrogens (tertiary/aromatic N) is 5. The van der Waals surface area contributed by atoms with Gasteiger partial charge >= 0.3 is 0 Å². The van der Waals surface area contributed by atoms with Gasteiger partial charge in [-0.1, -0.05) is 37.1 Å². The average molecular weight is 505 g/mol.